The zero-order valence-electron chi connectivity index (χ0n) is 19.3. The minimum absolute atomic E-state index is 0.302. The first kappa shape index (κ1) is 24.3. The van der Waals surface area contributed by atoms with Crippen LogP contribution in [-0.4, -0.2) is 40.0 Å². The third-order valence-corrected chi connectivity index (χ3v) is 6.31. The zero-order valence-corrected chi connectivity index (χ0v) is 20.1. The molecule has 0 aliphatic rings. The molecule has 4 aromatic rings. The SMILES string of the molecule is CSCC[C@H](NC(=O)c1ccc(COc2cccnc2)cc1-c1cccc2ccccc12)C(=O)O. The Morgan fingerprint density at radius 2 is 1.86 bits per heavy atom. The number of rotatable bonds is 10. The Morgan fingerprint density at radius 3 is 2.63 bits per heavy atom. The smallest absolute Gasteiger partial charge is 0.326 e. The van der Waals surface area contributed by atoms with Gasteiger partial charge in [-0.25, -0.2) is 4.79 Å². The van der Waals surface area contributed by atoms with Gasteiger partial charge in [-0.2, -0.15) is 11.8 Å². The lowest BCUT2D eigenvalue weighted by Gasteiger charge is -2.18. The highest BCUT2D eigenvalue weighted by atomic mass is 32.2. The van der Waals surface area contributed by atoms with E-state index in [1.165, 1.54) is 0 Å². The summed E-state index contributed by atoms with van der Waals surface area (Å²) in [5, 5.41) is 14.4. The number of pyridine rings is 1. The molecule has 0 saturated heterocycles. The Kier molecular flexibility index (Phi) is 8.00. The van der Waals surface area contributed by atoms with Crippen molar-refractivity contribution >= 4 is 34.4 Å². The first-order valence-electron chi connectivity index (χ1n) is 11.2. The summed E-state index contributed by atoms with van der Waals surface area (Å²) in [5.74, 6) is -0.168. The van der Waals surface area contributed by atoms with E-state index in [0.717, 1.165) is 27.5 Å². The lowest BCUT2D eigenvalue weighted by molar-refractivity contribution is -0.139. The van der Waals surface area contributed by atoms with Gasteiger partial charge in [0.05, 0.1) is 6.20 Å². The Labute approximate surface area is 208 Å². The van der Waals surface area contributed by atoms with Crippen molar-refractivity contribution in [2.75, 3.05) is 12.0 Å². The summed E-state index contributed by atoms with van der Waals surface area (Å²) < 4.78 is 5.87. The molecule has 0 fully saturated rings. The largest absolute Gasteiger partial charge is 0.487 e. The number of carboxylic acids is 1. The number of aliphatic carboxylic acids is 1. The van der Waals surface area contributed by atoms with E-state index in [-0.39, 0.29) is 0 Å². The zero-order chi connectivity index (χ0) is 24.6. The fourth-order valence-electron chi connectivity index (χ4n) is 3.89. The van der Waals surface area contributed by atoms with Crippen molar-refractivity contribution < 1.29 is 19.4 Å². The number of aromatic nitrogens is 1. The second-order valence-corrected chi connectivity index (χ2v) is 9.02. The minimum atomic E-state index is -1.04. The molecular weight excluding hydrogens is 460 g/mol. The van der Waals surface area contributed by atoms with Gasteiger partial charge in [0.25, 0.3) is 5.91 Å². The molecule has 4 rings (SSSR count). The number of carboxylic acid groups (broad SMARTS) is 1. The van der Waals surface area contributed by atoms with Crippen LogP contribution in [0.2, 0.25) is 0 Å². The molecule has 3 aromatic carbocycles. The molecule has 0 aliphatic carbocycles. The van der Waals surface area contributed by atoms with Crippen molar-refractivity contribution in [2.45, 2.75) is 19.1 Å². The predicted octanol–water partition coefficient (Wildman–Crippen LogP) is 5.42. The van der Waals surface area contributed by atoms with Gasteiger partial charge in [0.15, 0.2) is 0 Å². The van der Waals surface area contributed by atoms with Gasteiger partial charge in [0.2, 0.25) is 0 Å². The van der Waals surface area contributed by atoms with E-state index in [4.69, 9.17) is 4.74 Å². The number of benzene rings is 3. The molecule has 178 valence electrons. The van der Waals surface area contributed by atoms with Crippen molar-refractivity contribution in [1.29, 1.82) is 0 Å². The van der Waals surface area contributed by atoms with Gasteiger partial charge in [0.1, 0.15) is 18.4 Å². The van der Waals surface area contributed by atoms with Gasteiger partial charge >= 0.3 is 5.97 Å². The number of thioether (sulfide) groups is 1. The first-order valence-corrected chi connectivity index (χ1v) is 12.6. The van der Waals surface area contributed by atoms with Crippen LogP contribution in [0.5, 0.6) is 5.75 Å². The standard InChI is InChI=1S/C28H26N2O4S/c1-35-15-13-26(28(32)33)30-27(31)24-12-11-19(18-34-21-8-5-14-29-17-21)16-25(24)23-10-4-7-20-6-2-3-9-22(20)23/h2-12,14,16-17,26H,13,15,18H2,1H3,(H,30,31)(H,32,33)/t26-/m0/s1. The number of amides is 1. The number of nitrogens with one attached hydrogen (secondary N) is 1. The summed E-state index contributed by atoms with van der Waals surface area (Å²) in [6, 6.07) is 22.1. The van der Waals surface area contributed by atoms with Gasteiger partial charge < -0.3 is 15.2 Å². The highest BCUT2D eigenvalue weighted by Crippen LogP contribution is 2.32. The van der Waals surface area contributed by atoms with Crippen LogP contribution in [0.15, 0.2) is 85.2 Å². The van der Waals surface area contributed by atoms with Crippen molar-refractivity contribution in [3.63, 3.8) is 0 Å². The molecule has 0 spiro atoms. The molecular formula is C28H26N2O4S. The first-order chi connectivity index (χ1) is 17.1. The summed E-state index contributed by atoms with van der Waals surface area (Å²) >= 11 is 1.54. The Balaban J connectivity index is 1.72. The molecule has 0 bridgehead atoms. The highest BCUT2D eigenvalue weighted by Gasteiger charge is 2.23. The maximum Gasteiger partial charge on any atom is 0.326 e. The molecule has 0 aliphatic heterocycles. The molecule has 6 nitrogen and oxygen atoms in total. The molecule has 1 atom stereocenters. The summed E-state index contributed by atoms with van der Waals surface area (Å²) in [7, 11) is 0. The molecule has 1 amide bonds. The number of hydrogen-bond donors (Lipinski definition) is 2. The summed E-state index contributed by atoms with van der Waals surface area (Å²) in [4.78, 5) is 29.1. The van der Waals surface area contributed by atoms with Crippen LogP contribution in [0, 0.1) is 0 Å². The third kappa shape index (κ3) is 6.00. The average molecular weight is 487 g/mol. The van der Waals surface area contributed by atoms with Crippen LogP contribution in [0.4, 0.5) is 0 Å². The van der Waals surface area contributed by atoms with E-state index in [1.54, 1.807) is 36.3 Å². The maximum atomic E-state index is 13.3. The van der Waals surface area contributed by atoms with Gasteiger partial charge in [-0.1, -0.05) is 48.5 Å². The molecule has 0 saturated carbocycles. The fraction of sp³-hybridized carbons (Fsp3) is 0.179. The summed E-state index contributed by atoms with van der Waals surface area (Å²) in [6.45, 7) is 0.302. The molecule has 7 heteroatoms. The number of nitrogens with zero attached hydrogens (tertiary/aromatic N) is 1. The summed E-state index contributed by atoms with van der Waals surface area (Å²) in [6.07, 6.45) is 5.59. The number of ether oxygens (including phenoxy) is 1. The molecule has 1 aromatic heterocycles. The van der Waals surface area contributed by atoms with Crippen molar-refractivity contribution in [1.82, 2.24) is 10.3 Å². The normalized spacial score (nSPS) is 11.7. The van der Waals surface area contributed by atoms with Crippen LogP contribution in [0.1, 0.15) is 22.3 Å². The van der Waals surface area contributed by atoms with Crippen molar-refractivity contribution in [2.24, 2.45) is 0 Å². The van der Waals surface area contributed by atoms with Gasteiger partial charge in [-0.15, -0.1) is 0 Å². The second kappa shape index (κ2) is 11.5. The topological polar surface area (TPSA) is 88.5 Å². The van der Waals surface area contributed by atoms with E-state index >= 15 is 0 Å². The van der Waals surface area contributed by atoms with Gasteiger partial charge in [-0.05, 0) is 70.2 Å². The van der Waals surface area contributed by atoms with E-state index in [1.807, 2.05) is 66.9 Å². The van der Waals surface area contributed by atoms with Crippen LogP contribution in [0.3, 0.4) is 0 Å². The number of hydrogen-bond acceptors (Lipinski definition) is 5. The Bertz CT molecular complexity index is 1320. The number of carbonyl (C=O) groups excluding carboxylic acids is 1. The van der Waals surface area contributed by atoms with Crippen LogP contribution in [-0.2, 0) is 11.4 Å². The Morgan fingerprint density at radius 1 is 1.03 bits per heavy atom. The van der Waals surface area contributed by atoms with E-state index in [9.17, 15) is 14.7 Å². The fourth-order valence-corrected chi connectivity index (χ4v) is 4.36. The van der Waals surface area contributed by atoms with Crippen molar-refractivity contribution in [3.05, 3.63) is 96.3 Å². The average Bonchev–Trinajstić information content (AvgIpc) is 2.89. The van der Waals surface area contributed by atoms with Crippen molar-refractivity contribution in [3.8, 4) is 16.9 Å². The van der Waals surface area contributed by atoms with Gasteiger partial charge in [0, 0.05) is 11.8 Å². The Hall–Kier alpha value is -3.84. The number of fused-ring (bicyclic) bond motifs is 1. The maximum absolute atomic E-state index is 13.3. The third-order valence-electron chi connectivity index (χ3n) is 5.66. The molecule has 2 N–H and O–H groups in total. The van der Waals surface area contributed by atoms with E-state index < -0.39 is 17.9 Å². The summed E-state index contributed by atoms with van der Waals surface area (Å²) in [5.41, 5.74) is 2.92. The van der Waals surface area contributed by atoms with E-state index in [2.05, 4.69) is 10.3 Å². The highest BCUT2D eigenvalue weighted by molar-refractivity contribution is 7.98. The van der Waals surface area contributed by atoms with Gasteiger partial charge in [-0.3, -0.25) is 9.78 Å². The quantitative estimate of drug-likeness (QED) is 0.311. The van der Waals surface area contributed by atoms with Crippen LogP contribution >= 0.6 is 11.8 Å². The monoisotopic (exact) mass is 486 g/mol. The second-order valence-electron chi connectivity index (χ2n) is 8.03. The lowest BCUT2D eigenvalue weighted by atomic mass is 9.92. The molecule has 0 unspecified atom stereocenters. The molecule has 35 heavy (non-hydrogen) atoms. The predicted molar refractivity (Wildman–Crippen MR) is 140 cm³/mol. The molecule has 1 heterocycles. The minimum Gasteiger partial charge on any atom is -0.487 e. The lowest BCUT2D eigenvalue weighted by Crippen LogP contribution is -2.41. The molecule has 0 radical (unpaired) electrons. The number of carbonyl (C=O) groups is 2. The van der Waals surface area contributed by atoms with E-state index in [0.29, 0.717) is 30.1 Å². The van der Waals surface area contributed by atoms with Crippen LogP contribution < -0.4 is 10.1 Å². The van der Waals surface area contributed by atoms with Crippen LogP contribution in [0.25, 0.3) is 21.9 Å².